The predicted molar refractivity (Wildman–Crippen MR) is 89.1 cm³/mol. The van der Waals surface area contributed by atoms with Gasteiger partial charge in [-0.1, -0.05) is 12.8 Å². The summed E-state index contributed by atoms with van der Waals surface area (Å²) >= 11 is 0. The molecule has 132 valence electrons. The standard InChI is InChI=1S/C17H23NO5S/c1-22-15-8-7-12(11-16(15)24(2,20)21)17(19)18-9-10-23-14-6-4-3-5-13(14)18/h7-8,11,13-14H,3-6,9-10H2,1-2H3. The van der Waals surface area contributed by atoms with Gasteiger partial charge in [-0.15, -0.1) is 0 Å². The number of sulfone groups is 1. The molecule has 1 aliphatic heterocycles. The van der Waals surface area contributed by atoms with E-state index in [1.54, 1.807) is 12.1 Å². The van der Waals surface area contributed by atoms with Gasteiger partial charge in [-0.05, 0) is 31.0 Å². The Kier molecular flexibility index (Phi) is 4.83. The van der Waals surface area contributed by atoms with E-state index in [1.807, 2.05) is 4.90 Å². The van der Waals surface area contributed by atoms with Crippen LogP contribution in [-0.4, -0.2) is 57.9 Å². The van der Waals surface area contributed by atoms with Crippen molar-refractivity contribution in [2.45, 2.75) is 42.7 Å². The number of rotatable bonds is 3. The van der Waals surface area contributed by atoms with Gasteiger partial charge in [0.1, 0.15) is 10.6 Å². The molecular weight excluding hydrogens is 330 g/mol. The Morgan fingerprint density at radius 3 is 2.75 bits per heavy atom. The number of ether oxygens (including phenoxy) is 2. The maximum absolute atomic E-state index is 13.0. The van der Waals surface area contributed by atoms with Gasteiger partial charge < -0.3 is 14.4 Å². The van der Waals surface area contributed by atoms with Gasteiger partial charge >= 0.3 is 0 Å². The largest absolute Gasteiger partial charge is 0.495 e. The molecule has 1 saturated heterocycles. The van der Waals surface area contributed by atoms with Gasteiger partial charge in [0.2, 0.25) is 0 Å². The van der Waals surface area contributed by atoms with Crippen molar-refractivity contribution in [3.63, 3.8) is 0 Å². The fourth-order valence-electron chi connectivity index (χ4n) is 3.61. The Labute approximate surface area is 142 Å². The molecule has 1 saturated carbocycles. The molecule has 3 rings (SSSR count). The smallest absolute Gasteiger partial charge is 0.254 e. The van der Waals surface area contributed by atoms with E-state index in [1.165, 1.54) is 13.2 Å². The lowest BCUT2D eigenvalue weighted by Gasteiger charge is -2.43. The zero-order valence-electron chi connectivity index (χ0n) is 14.0. The summed E-state index contributed by atoms with van der Waals surface area (Å²) < 4.78 is 34.9. The Bertz CT molecular complexity index is 728. The van der Waals surface area contributed by atoms with E-state index < -0.39 is 9.84 Å². The van der Waals surface area contributed by atoms with Gasteiger partial charge in [0.05, 0.1) is 25.9 Å². The van der Waals surface area contributed by atoms with Crippen molar-refractivity contribution < 1.29 is 22.7 Å². The SMILES string of the molecule is COc1ccc(C(=O)N2CCOC3CCCCC32)cc1S(C)(=O)=O. The lowest BCUT2D eigenvalue weighted by molar-refractivity contribution is -0.0752. The normalized spacial score (nSPS) is 24.3. The Hall–Kier alpha value is -1.60. The van der Waals surface area contributed by atoms with Crippen molar-refractivity contribution in [2.75, 3.05) is 26.5 Å². The molecule has 2 unspecified atom stereocenters. The summed E-state index contributed by atoms with van der Waals surface area (Å²) in [6, 6.07) is 4.68. The minimum absolute atomic E-state index is 0.0457. The first kappa shape index (κ1) is 17.2. The molecule has 1 aromatic rings. The summed E-state index contributed by atoms with van der Waals surface area (Å²) in [7, 11) is -2.06. The zero-order valence-corrected chi connectivity index (χ0v) is 14.8. The van der Waals surface area contributed by atoms with E-state index in [-0.39, 0.29) is 28.7 Å². The Morgan fingerprint density at radius 2 is 2.04 bits per heavy atom. The van der Waals surface area contributed by atoms with Crippen LogP contribution in [0.15, 0.2) is 23.1 Å². The molecule has 1 amide bonds. The third-order valence-electron chi connectivity index (χ3n) is 4.80. The quantitative estimate of drug-likeness (QED) is 0.830. The number of hydrogen-bond donors (Lipinski definition) is 0. The van der Waals surface area contributed by atoms with E-state index in [0.717, 1.165) is 31.9 Å². The van der Waals surface area contributed by atoms with Crippen LogP contribution in [0.5, 0.6) is 5.75 Å². The zero-order chi connectivity index (χ0) is 17.3. The molecule has 2 atom stereocenters. The van der Waals surface area contributed by atoms with Crippen molar-refractivity contribution in [3.8, 4) is 5.75 Å². The Morgan fingerprint density at radius 1 is 1.29 bits per heavy atom. The van der Waals surface area contributed by atoms with Crippen LogP contribution in [0.2, 0.25) is 0 Å². The highest BCUT2D eigenvalue weighted by Gasteiger charge is 2.37. The average molecular weight is 353 g/mol. The monoisotopic (exact) mass is 353 g/mol. The second-order valence-electron chi connectivity index (χ2n) is 6.40. The average Bonchev–Trinajstić information content (AvgIpc) is 2.59. The molecule has 1 aromatic carbocycles. The molecule has 24 heavy (non-hydrogen) atoms. The first-order valence-corrected chi connectivity index (χ1v) is 10.1. The van der Waals surface area contributed by atoms with Crippen molar-refractivity contribution in [1.82, 2.24) is 4.90 Å². The molecular formula is C17H23NO5S. The van der Waals surface area contributed by atoms with Crippen molar-refractivity contribution >= 4 is 15.7 Å². The summed E-state index contributed by atoms with van der Waals surface area (Å²) in [4.78, 5) is 14.9. The van der Waals surface area contributed by atoms with Gasteiger partial charge in [-0.3, -0.25) is 4.79 Å². The molecule has 0 spiro atoms. The first-order valence-electron chi connectivity index (χ1n) is 8.22. The lowest BCUT2D eigenvalue weighted by Crippen LogP contribution is -2.54. The number of benzene rings is 1. The molecule has 0 N–H and O–H groups in total. The van der Waals surface area contributed by atoms with Crippen LogP contribution in [0.3, 0.4) is 0 Å². The number of fused-ring (bicyclic) bond motifs is 1. The number of hydrogen-bond acceptors (Lipinski definition) is 5. The summed E-state index contributed by atoms with van der Waals surface area (Å²) in [6.07, 6.45) is 5.35. The maximum Gasteiger partial charge on any atom is 0.254 e. The van der Waals surface area contributed by atoms with Crippen molar-refractivity contribution in [1.29, 1.82) is 0 Å². The van der Waals surface area contributed by atoms with E-state index in [4.69, 9.17) is 9.47 Å². The van der Waals surface area contributed by atoms with E-state index >= 15 is 0 Å². The maximum atomic E-state index is 13.0. The van der Waals surface area contributed by atoms with Crippen LogP contribution in [0.1, 0.15) is 36.0 Å². The summed E-state index contributed by atoms with van der Waals surface area (Å²) in [5.41, 5.74) is 0.377. The second-order valence-corrected chi connectivity index (χ2v) is 8.38. The molecule has 1 heterocycles. The molecule has 2 fully saturated rings. The highest BCUT2D eigenvalue weighted by atomic mass is 32.2. The number of amides is 1. The first-order chi connectivity index (χ1) is 11.4. The molecule has 6 nitrogen and oxygen atoms in total. The third kappa shape index (κ3) is 3.28. The van der Waals surface area contributed by atoms with Crippen LogP contribution in [0, 0.1) is 0 Å². The molecule has 1 aliphatic carbocycles. The predicted octanol–water partition coefficient (Wildman–Crippen LogP) is 1.88. The number of carbonyl (C=O) groups is 1. The van der Waals surface area contributed by atoms with Crippen LogP contribution in [0.25, 0.3) is 0 Å². The fraction of sp³-hybridized carbons (Fsp3) is 0.588. The summed E-state index contributed by atoms with van der Waals surface area (Å²) in [5.74, 6) is 0.120. The highest BCUT2D eigenvalue weighted by Crippen LogP contribution is 2.31. The highest BCUT2D eigenvalue weighted by molar-refractivity contribution is 7.90. The fourth-order valence-corrected chi connectivity index (χ4v) is 4.47. The topological polar surface area (TPSA) is 72.9 Å². The second kappa shape index (κ2) is 6.72. The van der Waals surface area contributed by atoms with Crippen LogP contribution in [-0.2, 0) is 14.6 Å². The molecule has 0 bridgehead atoms. The third-order valence-corrected chi connectivity index (χ3v) is 5.92. The van der Waals surface area contributed by atoms with E-state index in [9.17, 15) is 13.2 Å². The van der Waals surface area contributed by atoms with Gasteiger partial charge in [0, 0.05) is 18.4 Å². The van der Waals surface area contributed by atoms with Gasteiger partial charge in [-0.25, -0.2) is 8.42 Å². The van der Waals surface area contributed by atoms with E-state index in [2.05, 4.69) is 0 Å². The molecule has 7 heteroatoms. The van der Waals surface area contributed by atoms with Crippen LogP contribution < -0.4 is 4.74 Å². The number of carbonyl (C=O) groups excluding carboxylic acids is 1. The van der Waals surface area contributed by atoms with Gasteiger partial charge in [0.15, 0.2) is 9.84 Å². The van der Waals surface area contributed by atoms with E-state index in [0.29, 0.717) is 18.7 Å². The van der Waals surface area contributed by atoms with Crippen LogP contribution >= 0.6 is 0 Å². The summed E-state index contributed by atoms with van der Waals surface area (Å²) in [6.45, 7) is 1.07. The Balaban J connectivity index is 1.92. The molecule has 2 aliphatic rings. The minimum atomic E-state index is -3.48. The molecule has 0 aromatic heterocycles. The lowest BCUT2D eigenvalue weighted by atomic mass is 9.89. The summed E-state index contributed by atoms with van der Waals surface area (Å²) in [5, 5.41) is 0. The molecule has 0 radical (unpaired) electrons. The van der Waals surface area contributed by atoms with Crippen molar-refractivity contribution in [2.24, 2.45) is 0 Å². The van der Waals surface area contributed by atoms with Crippen molar-refractivity contribution in [3.05, 3.63) is 23.8 Å². The number of methoxy groups -OCH3 is 1. The van der Waals surface area contributed by atoms with Gasteiger partial charge in [-0.2, -0.15) is 0 Å². The van der Waals surface area contributed by atoms with Crippen LogP contribution in [0.4, 0.5) is 0 Å². The number of morpholine rings is 1. The number of nitrogens with zero attached hydrogens (tertiary/aromatic N) is 1. The minimum Gasteiger partial charge on any atom is -0.495 e. The van der Waals surface area contributed by atoms with Gasteiger partial charge in [0.25, 0.3) is 5.91 Å².